The van der Waals surface area contributed by atoms with Gasteiger partial charge in [-0.05, 0) is 37.8 Å². The first-order chi connectivity index (χ1) is 8.35. The number of hydrogen-bond donors (Lipinski definition) is 2. The van der Waals surface area contributed by atoms with E-state index in [4.69, 9.17) is 5.11 Å². The molecule has 0 aliphatic rings. The molecule has 0 radical (unpaired) electrons. The van der Waals surface area contributed by atoms with Gasteiger partial charge in [0.05, 0.1) is 11.5 Å². The first kappa shape index (κ1) is 14.6. The first-order valence-electron chi connectivity index (χ1n) is 6.04. The van der Waals surface area contributed by atoms with Crippen LogP contribution in [0.1, 0.15) is 32.3 Å². The highest BCUT2D eigenvalue weighted by atomic mass is 19.1. The van der Waals surface area contributed by atoms with Gasteiger partial charge in [-0.2, -0.15) is 0 Å². The molecule has 2 unspecified atom stereocenters. The largest absolute Gasteiger partial charge is 0.481 e. The average Bonchev–Trinajstić information content (AvgIpc) is 2.30. The van der Waals surface area contributed by atoms with E-state index < -0.39 is 23.3 Å². The van der Waals surface area contributed by atoms with E-state index >= 15 is 0 Å². The monoisotopic (exact) mass is 254 g/mol. The molecule has 3 nitrogen and oxygen atoms in total. The summed E-state index contributed by atoms with van der Waals surface area (Å²) in [5.41, 5.74) is -0.661. The summed E-state index contributed by atoms with van der Waals surface area (Å²) in [5.74, 6) is -2.19. The Morgan fingerprint density at radius 3 is 2.56 bits per heavy atom. The maximum atomic E-state index is 13.5. The Morgan fingerprint density at radius 2 is 2.06 bits per heavy atom. The molecule has 1 aromatic carbocycles. The van der Waals surface area contributed by atoms with Crippen molar-refractivity contribution in [1.29, 1.82) is 0 Å². The Balaban J connectivity index is 2.82. The van der Waals surface area contributed by atoms with Crippen molar-refractivity contribution < 1.29 is 19.4 Å². The van der Waals surface area contributed by atoms with E-state index in [1.807, 2.05) is 0 Å². The molecule has 0 bridgehead atoms. The Bertz CT molecular complexity index is 415. The second-order valence-corrected chi connectivity index (χ2v) is 4.89. The molecular weight excluding hydrogens is 235 g/mol. The standard InChI is InChI=1S/C14H19FO3/c1-3-14(2,18)9-11(13(16)17)8-10-6-4-5-7-12(10)15/h4-7,11,18H,3,8-9H2,1-2H3,(H,16,17). The molecule has 0 aromatic heterocycles. The molecule has 2 atom stereocenters. The lowest BCUT2D eigenvalue weighted by molar-refractivity contribution is -0.144. The predicted molar refractivity (Wildman–Crippen MR) is 66.8 cm³/mol. The van der Waals surface area contributed by atoms with Crippen LogP contribution in [-0.2, 0) is 11.2 Å². The van der Waals surface area contributed by atoms with Crippen molar-refractivity contribution in [2.75, 3.05) is 0 Å². The van der Waals surface area contributed by atoms with Gasteiger partial charge in [0.1, 0.15) is 5.82 Å². The number of carbonyl (C=O) groups is 1. The summed E-state index contributed by atoms with van der Waals surface area (Å²) in [7, 11) is 0. The normalized spacial score (nSPS) is 16.0. The molecule has 0 aliphatic carbocycles. The number of carboxylic acid groups (broad SMARTS) is 1. The van der Waals surface area contributed by atoms with Crippen molar-refractivity contribution in [1.82, 2.24) is 0 Å². The van der Waals surface area contributed by atoms with Gasteiger partial charge in [-0.1, -0.05) is 25.1 Å². The van der Waals surface area contributed by atoms with Crippen molar-refractivity contribution >= 4 is 5.97 Å². The van der Waals surface area contributed by atoms with Gasteiger partial charge in [0, 0.05) is 0 Å². The van der Waals surface area contributed by atoms with Crippen molar-refractivity contribution in [3.63, 3.8) is 0 Å². The Morgan fingerprint density at radius 1 is 1.44 bits per heavy atom. The van der Waals surface area contributed by atoms with Crippen LogP contribution in [0.2, 0.25) is 0 Å². The lowest BCUT2D eigenvalue weighted by atomic mass is 9.86. The zero-order valence-corrected chi connectivity index (χ0v) is 10.7. The lowest BCUT2D eigenvalue weighted by Crippen LogP contribution is -2.31. The van der Waals surface area contributed by atoms with Gasteiger partial charge in [0.15, 0.2) is 0 Å². The molecule has 1 rings (SSSR count). The number of rotatable bonds is 6. The minimum atomic E-state index is -1.03. The van der Waals surface area contributed by atoms with E-state index in [1.165, 1.54) is 6.07 Å². The van der Waals surface area contributed by atoms with E-state index in [-0.39, 0.29) is 12.8 Å². The maximum absolute atomic E-state index is 13.5. The van der Waals surface area contributed by atoms with E-state index in [0.29, 0.717) is 12.0 Å². The van der Waals surface area contributed by atoms with Crippen LogP contribution in [0.5, 0.6) is 0 Å². The van der Waals surface area contributed by atoms with E-state index in [0.717, 1.165) is 0 Å². The third-order valence-electron chi connectivity index (χ3n) is 3.22. The highest BCUT2D eigenvalue weighted by Gasteiger charge is 2.28. The van der Waals surface area contributed by atoms with Crippen LogP contribution < -0.4 is 0 Å². The molecule has 18 heavy (non-hydrogen) atoms. The van der Waals surface area contributed by atoms with Crippen molar-refractivity contribution in [3.8, 4) is 0 Å². The second kappa shape index (κ2) is 5.96. The van der Waals surface area contributed by atoms with Crippen LogP contribution in [0, 0.1) is 11.7 Å². The number of hydrogen-bond acceptors (Lipinski definition) is 2. The fourth-order valence-electron chi connectivity index (χ4n) is 1.85. The summed E-state index contributed by atoms with van der Waals surface area (Å²) in [6.45, 7) is 3.40. The molecule has 4 heteroatoms. The van der Waals surface area contributed by atoms with Crippen LogP contribution in [0.4, 0.5) is 4.39 Å². The molecule has 0 saturated carbocycles. The molecule has 0 amide bonds. The molecule has 0 aliphatic heterocycles. The second-order valence-electron chi connectivity index (χ2n) is 4.89. The summed E-state index contributed by atoms with van der Waals surface area (Å²) >= 11 is 0. The fraction of sp³-hybridized carbons (Fsp3) is 0.500. The molecule has 100 valence electrons. The summed E-state index contributed by atoms with van der Waals surface area (Å²) in [5, 5.41) is 19.1. The number of aliphatic carboxylic acids is 1. The summed E-state index contributed by atoms with van der Waals surface area (Å²) in [6, 6.07) is 6.13. The SMILES string of the molecule is CCC(C)(O)CC(Cc1ccccc1F)C(=O)O. The van der Waals surface area contributed by atoms with Crippen molar-refractivity contribution in [2.24, 2.45) is 5.92 Å². The van der Waals surface area contributed by atoms with E-state index in [9.17, 15) is 14.3 Å². The number of aliphatic hydroxyl groups is 1. The highest BCUT2D eigenvalue weighted by Crippen LogP contribution is 2.24. The van der Waals surface area contributed by atoms with Crippen LogP contribution >= 0.6 is 0 Å². The molecule has 1 aromatic rings. The zero-order valence-electron chi connectivity index (χ0n) is 10.7. The summed E-state index contributed by atoms with van der Waals surface area (Å²) in [4.78, 5) is 11.2. The quantitative estimate of drug-likeness (QED) is 0.820. The summed E-state index contributed by atoms with van der Waals surface area (Å²) < 4.78 is 13.5. The van der Waals surface area contributed by atoms with Crippen LogP contribution in [0.15, 0.2) is 24.3 Å². The molecule has 2 N–H and O–H groups in total. The molecule has 0 heterocycles. The van der Waals surface area contributed by atoms with Gasteiger partial charge in [0.25, 0.3) is 0 Å². The van der Waals surface area contributed by atoms with Crippen LogP contribution in [0.25, 0.3) is 0 Å². The first-order valence-corrected chi connectivity index (χ1v) is 6.04. The highest BCUT2D eigenvalue weighted by molar-refractivity contribution is 5.70. The third-order valence-corrected chi connectivity index (χ3v) is 3.22. The van der Waals surface area contributed by atoms with Crippen molar-refractivity contribution in [2.45, 2.75) is 38.7 Å². The molecule has 0 spiro atoms. The molecular formula is C14H19FO3. The lowest BCUT2D eigenvalue weighted by Gasteiger charge is -2.25. The molecule has 0 saturated heterocycles. The van der Waals surface area contributed by atoms with Crippen molar-refractivity contribution in [3.05, 3.63) is 35.6 Å². The smallest absolute Gasteiger partial charge is 0.306 e. The van der Waals surface area contributed by atoms with Gasteiger partial charge >= 0.3 is 5.97 Å². The summed E-state index contributed by atoms with van der Waals surface area (Å²) in [6.07, 6.45) is 0.680. The topological polar surface area (TPSA) is 57.5 Å². The number of halogens is 1. The van der Waals surface area contributed by atoms with Gasteiger partial charge in [-0.25, -0.2) is 4.39 Å². The Hall–Kier alpha value is -1.42. The Kier molecular flexibility index (Phi) is 4.84. The van der Waals surface area contributed by atoms with E-state index in [1.54, 1.807) is 32.0 Å². The average molecular weight is 254 g/mol. The minimum Gasteiger partial charge on any atom is -0.481 e. The van der Waals surface area contributed by atoms with Gasteiger partial charge in [-0.15, -0.1) is 0 Å². The van der Waals surface area contributed by atoms with Gasteiger partial charge in [-0.3, -0.25) is 4.79 Å². The molecule has 0 fully saturated rings. The van der Waals surface area contributed by atoms with Crippen LogP contribution in [0.3, 0.4) is 0 Å². The van der Waals surface area contributed by atoms with Crippen LogP contribution in [-0.4, -0.2) is 21.8 Å². The number of benzene rings is 1. The number of carboxylic acids is 1. The van der Waals surface area contributed by atoms with Gasteiger partial charge < -0.3 is 10.2 Å². The predicted octanol–water partition coefficient (Wildman–Crippen LogP) is 2.62. The van der Waals surface area contributed by atoms with Gasteiger partial charge in [0.2, 0.25) is 0 Å². The van der Waals surface area contributed by atoms with E-state index in [2.05, 4.69) is 0 Å². The third kappa shape index (κ3) is 4.11. The minimum absolute atomic E-state index is 0.0954. The fourth-order valence-corrected chi connectivity index (χ4v) is 1.85. The Labute approximate surface area is 106 Å². The zero-order chi connectivity index (χ0) is 13.8. The maximum Gasteiger partial charge on any atom is 0.306 e.